The Labute approximate surface area is 195 Å². The zero-order valence-electron chi connectivity index (χ0n) is 19.9. The number of hydrogen-bond donors (Lipinski definition) is 0. The van der Waals surface area contributed by atoms with Gasteiger partial charge in [0.1, 0.15) is 5.70 Å². The topological polar surface area (TPSA) is 59.1 Å². The van der Waals surface area contributed by atoms with Crippen LogP contribution in [-0.2, 0) is 16.0 Å². The van der Waals surface area contributed by atoms with Gasteiger partial charge in [-0.3, -0.25) is 14.5 Å². The summed E-state index contributed by atoms with van der Waals surface area (Å²) in [4.78, 5) is 30.7. The number of hydrogen-bond acceptors (Lipinski definition) is 5. The van der Waals surface area contributed by atoms with E-state index in [1.54, 1.807) is 14.2 Å². The summed E-state index contributed by atoms with van der Waals surface area (Å²) in [5, 5.41) is 0. The molecule has 2 amide bonds. The minimum atomic E-state index is -0.201. The standard InChI is InChI=1S/C27H32N2O4/c1-18-8-10-21(19(2)16-18)24-25(28-13-6-5-7-14-28)27(31)29(26(24)30)15-12-20-9-11-22(32-3)23(17-20)33-4/h8-11,16-17H,5-7,12-15H2,1-4H3. The highest BCUT2D eigenvalue weighted by atomic mass is 16.5. The van der Waals surface area contributed by atoms with Gasteiger partial charge in [-0.2, -0.15) is 0 Å². The van der Waals surface area contributed by atoms with Crippen LogP contribution in [0, 0.1) is 13.8 Å². The van der Waals surface area contributed by atoms with Crippen LogP contribution in [0.3, 0.4) is 0 Å². The van der Waals surface area contributed by atoms with Crippen molar-refractivity contribution in [2.24, 2.45) is 0 Å². The molecule has 2 aliphatic rings. The molecular formula is C27H32N2O4. The molecule has 1 fully saturated rings. The second-order valence-corrected chi connectivity index (χ2v) is 8.79. The van der Waals surface area contributed by atoms with Gasteiger partial charge in [0.25, 0.3) is 11.8 Å². The predicted octanol–water partition coefficient (Wildman–Crippen LogP) is 4.13. The van der Waals surface area contributed by atoms with E-state index in [9.17, 15) is 9.59 Å². The number of amides is 2. The van der Waals surface area contributed by atoms with Crippen molar-refractivity contribution in [2.45, 2.75) is 39.5 Å². The maximum absolute atomic E-state index is 13.6. The van der Waals surface area contributed by atoms with Crippen LogP contribution in [0.5, 0.6) is 11.5 Å². The molecule has 2 heterocycles. The largest absolute Gasteiger partial charge is 0.493 e. The van der Waals surface area contributed by atoms with Crippen LogP contribution in [-0.4, -0.2) is 55.5 Å². The van der Waals surface area contributed by atoms with Crippen LogP contribution in [0.1, 0.15) is 41.5 Å². The number of methoxy groups -OCH3 is 2. The van der Waals surface area contributed by atoms with Crippen molar-refractivity contribution in [3.8, 4) is 11.5 Å². The minimum Gasteiger partial charge on any atom is -0.493 e. The summed E-state index contributed by atoms with van der Waals surface area (Å²) in [5.41, 5.74) is 5.10. The van der Waals surface area contributed by atoms with Gasteiger partial charge in [-0.05, 0) is 68.4 Å². The van der Waals surface area contributed by atoms with E-state index < -0.39 is 0 Å². The van der Waals surface area contributed by atoms with Crippen LogP contribution in [0.25, 0.3) is 5.57 Å². The molecule has 0 saturated carbocycles. The highest BCUT2D eigenvalue weighted by Gasteiger charge is 2.41. The Morgan fingerprint density at radius 3 is 2.24 bits per heavy atom. The first-order valence-electron chi connectivity index (χ1n) is 11.6. The molecule has 33 heavy (non-hydrogen) atoms. The number of imide groups is 1. The third-order valence-electron chi connectivity index (χ3n) is 6.54. The first-order valence-corrected chi connectivity index (χ1v) is 11.6. The van der Waals surface area contributed by atoms with E-state index in [1.807, 2.05) is 44.2 Å². The number of likely N-dealkylation sites (tertiary alicyclic amines) is 1. The molecule has 2 aromatic rings. The van der Waals surface area contributed by atoms with Gasteiger partial charge in [0.05, 0.1) is 19.8 Å². The summed E-state index contributed by atoms with van der Waals surface area (Å²) < 4.78 is 10.7. The maximum Gasteiger partial charge on any atom is 0.277 e. The lowest BCUT2D eigenvalue weighted by atomic mass is 9.97. The molecule has 0 radical (unpaired) electrons. The zero-order chi connectivity index (χ0) is 23.5. The first-order chi connectivity index (χ1) is 15.9. The smallest absolute Gasteiger partial charge is 0.277 e. The van der Waals surface area contributed by atoms with Crippen molar-refractivity contribution in [1.29, 1.82) is 0 Å². The second-order valence-electron chi connectivity index (χ2n) is 8.79. The molecule has 0 unspecified atom stereocenters. The summed E-state index contributed by atoms with van der Waals surface area (Å²) in [5.74, 6) is 0.906. The van der Waals surface area contributed by atoms with Gasteiger partial charge in [0.15, 0.2) is 11.5 Å². The van der Waals surface area contributed by atoms with Gasteiger partial charge in [-0.15, -0.1) is 0 Å². The van der Waals surface area contributed by atoms with Gasteiger partial charge < -0.3 is 14.4 Å². The fourth-order valence-corrected chi connectivity index (χ4v) is 4.79. The number of carbonyl (C=O) groups excluding carboxylic acids is 2. The lowest BCUT2D eigenvalue weighted by molar-refractivity contribution is -0.137. The minimum absolute atomic E-state index is 0.183. The van der Waals surface area contributed by atoms with Gasteiger partial charge >= 0.3 is 0 Å². The third-order valence-corrected chi connectivity index (χ3v) is 6.54. The van der Waals surface area contributed by atoms with E-state index in [1.165, 1.54) is 4.90 Å². The van der Waals surface area contributed by atoms with Crippen LogP contribution in [0.2, 0.25) is 0 Å². The predicted molar refractivity (Wildman–Crippen MR) is 128 cm³/mol. The normalized spacial score (nSPS) is 16.6. The van der Waals surface area contributed by atoms with Gasteiger partial charge in [0, 0.05) is 19.6 Å². The molecule has 0 bridgehead atoms. The SMILES string of the molecule is COc1ccc(CCN2C(=O)C(c3ccc(C)cc3C)=C(N3CCCCC3)C2=O)cc1OC. The average Bonchev–Trinajstić information content (AvgIpc) is 3.07. The average molecular weight is 449 g/mol. The van der Waals surface area contributed by atoms with Crippen molar-refractivity contribution in [1.82, 2.24) is 9.80 Å². The van der Waals surface area contributed by atoms with E-state index in [4.69, 9.17) is 9.47 Å². The fraction of sp³-hybridized carbons (Fsp3) is 0.407. The van der Waals surface area contributed by atoms with Gasteiger partial charge in [-0.1, -0.05) is 29.8 Å². The van der Waals surface area contributed by atoms with Crippen molar-refractivity contribution in [2.75, 3.05) is 33.9 Å². The highest BCUT2D eigenvalue weighted by Crippen LogP contribution is 2.35. The third kappa shape index (κ3) is 4.47. The summed E-state index contributed by atoms with van der Waals surface area (Å²) in [6.45, 7) is 5.98. The Kier molecular flexibility index (Phi) is 6.72. The number of ether oxygens (including phenoxy) is 2. The lowest BCUT2D eigenvalue weighted by Gasteiger charge is -2.29. The summed E-state index contributed by atoms with van der Waals surface area (Å²) in [6, 6.07) is 11.7. The molecule has 0 atom stereocenters. The number of nitrogens with zero attached hydrogens (tertiary/aromatic N) is 2. The van der Waals surface area contributed by atoms with E-state index >= 15 is 0 Å². The fourth-order valence-electron chi connectivity index (χ4n) is 4.79. The summed E-state index contributed by atoms with van der Waals surface area (Å²) in [7, 11) is 3.20. The van der Waals surface area contributed by atoms with Gasteiger partial charge in [-0.25, -0.2) is 0 Å². The number of aryl methyl sites for hydroxylation is 2. The highest BCUT2D eigenvalue weighted by molar-refractivity contribution is 6.35. The Morgan fingerprint density at radius 1 is 0.848 bits per heavy atom. The lowest BCUT2D eigenvalue weighted by Crippen LogP contribution is -2.38. The molecule has 2 aliphatic heterocycles. The van der Waals surface area contributed by atoms with Crippen molar-refractivity contribution in [3.05, 3.63) is 64.3 Å². The van der Waals surface area contributed by atoms with Gasteiger partial charge in [0.2, 0.25) is 0 Å². The number of benzene rings is 2. The molecule has 1 saturated heterocycles. The molecule has 2 aromatic carbocycles. The Hall–Kier alpha value is -3.28. The zero-order valence-corrected chi connectivity index (χ0v) is 19.9. The molecule has 6 nitrogen and oxygen atoms in total. The molecule has 0 spiro atoms. The van der Waals surface area contributed by atoms with Crippen molar-refractivity contribution >= 4 is 17.4 Å². The van der Waals surface area contributed by atoms with E-state index in [-0.39, 0.29) is 11.8 Å². The number of piperidine rings is 1. The Balaban J connectivity index is 1.64. The van der Waals surface area contributed by atoms with Crippen molar-refractivity contribution < 1.29 is 19.1 Å². The van der Waals surface area contributed by atoms with Crippen LogP contribution in [0.4, 0.5) is 0 Å². The summed E-state index contributed by atoms with van der Waals surface area (Å²) >= 11 is 0. The van der Waals surface area contributed by atoms with Crippen LogP contribution in [0.15, 0.2) is 42.1 Å². The molecule has 0 aliphatic carbocycles. The van der Waals surface area contributed by atoms with Crippen LogP contribution < -0.4 is 9.47 Å². The first kappa shape index (κ1) is 22.9. The quantitative estimate of drug-likeness (QED) is 0.596. The molecule has 0 aromatic heterocycles. The Morgan fingerprint density at radius 2 is 1.58 bits per heavy atom. The maximum atomic E-state index is 13.6. The molecule has 6 heteroatoms. The Bertz CT molecular complexity index is 1100. The molecule has 4 rings (SSSR count). The number of rotatable bonds is 7. The van der Waals surface area contributed by atoms with Crippen molar-refractivity contribution in [3.63, 3.8) is 0 Å². The summed E-state index contributed by atoms with van der Waals surface area (Å²) in [6.07, 6.45) is 3.78. The molecular weight excluding hydrogens is 416 g/mol. The van der Waals surface area contributed by atoms with E-state index in [2.05, 4.69) is 11.0 Å². The van der Waals surface area contributed by atoms with E-state index in [0.29, 0.717) is 35.7 Å². The molecule has 174 valence electrons. The molecule has 0 N–H and O–H groups in total. The van der Waals surface area contributed by atoms with Crippen LogP contribution >= 0.6 is 0 Å². The second kappa shape index (κ2) is 9.69. The van der Waals surface area contributed by atoms with E-state index in [0.717, 1.165) is 54.6 Å². The number of carbonyl (C=O) groups is 2. The monoisotopic (exact) mass is 448 g/mol.